The number of hydrogen-bond donors (Lipinski definition) is 3. The minimum Gasteiger partial charge on any atom is -0.476 e. The highest BCUT2D eigenvalue weighted by molar-refractivity contribution is 5.91. The number of rotatable bonds is 3. The fourth-order valence-corrected chi connectivity index (χ4v) is 0.901. The lowest BCUT2D eigenvalue weighted by atomic mass is 10.3. The van der Waals surface area contributed by atoms with E-state index in [4.69, 9.17) is 16.6 Å². The van der Waals surface area contributed by atoms with Crippen molar-refractivity contribution in [3.8, 4) is 0 Å². The van der Waals surface area contributed by atoms with Crippen molar-refractivity contribution >= 4 is 17.6 Å². The number of anilines is 1. The van der Waals surface area contributed by atoms with Crippen LogP contribution in [-0.2, 0) is 4.79 Å². The molecule has 1 aromatic heterocycles. The Balaban J connectivity index is 3.08. The first-order valence-corrected chi connectivity index (χ1v) is 3.80. The fraction of sp³-hybridized carbons (Fsp3) is 0.286. The first-order chi connectivity index (χ1) is 6.43. The van der Waals surface area contributed by atoms with E-state index in [9.17, 15) is 9.59 Å². The maximum atomic E-state index is 10.8. The molecule has 7 heteroatoms. The van der Waals surface area contributed by atoms with Gasteiger partial charge in [0.1, 0.15) is 6.04 Å². The number of amides is 1. The molecule has 1 aromatic rings. The number of nitrogen functional groups attached to an aromatic ring is 1. The number of primary amides is 1. The van der Waals surface area contributed by atoms with E-state index in [1.54, 1.807) is 0 Å². The Hall–Kier alpha value is -2.05. The van der Waals surface area contributed by atoms with Crippen molar-refractivity contribution in [2.45, 2.75) is 13.0 Å². The Labute approximate surface area is 79.3 Å². The summed E-state index contributed by atoms with van der Waals surface area (Å²) in [7, 11) is 0. The van der Waals surface area contributed by atoms with Crippen LogP contribution in [0.4, 0.5) is 5.69 Å². The van der Waals surface area contributed by atoms with Gasteiger partial charge in [-0.25, -0.2) is 4.79 Å². The van der Waals surface area contributed by atoms with Gasteiger partial charge in [-0.2, -0.15) is 5.10 Å². The summed E-state index contributed by atoms with van der Waals surface area (Å²) in [5, 5.41) is 12.2. The van der Waals surface area contributed by atoms with Gasteiger partial charge in [0.25, 0.3) is 0 Å². The third-order valence-electron chi connectivity index (χ3n) is 1.77. The molecule has 1 heterocycles. The number of carbonyl (C=O) groups excluding carboxylic acids is 1. The predicted octanol–water partition coefficient (Wildman–Crippen LogP) is -0.790. The van der Waals surface area contributed by atoms with Gasteiger partial charge < -0.3 is 16.6 Å². The lowest BCUT2D eigenvalue weighted by Crippen LogP contribution is -2.24. The summed E-state index contributed by atoms with van der Waals surface area (Å²) in [5.74, 6) is -1.85. The molecule has 1 rings (SSSR count). The Morgan fingerprint density at radius 2 is 2.21 bits per heavy atom. The van der Waals surface area contributed by atoms with Gasteiger partial charge in [-0.15, -0.1) is 0 Å². The highest BCUT2D eigenvalue weighted by Crippen LogP contribution is 2.12. The van der Waals surface area contributed by atoms with E-state index >= 15 is 0 Å². The molecule has 1 amide bonds. The number of carboxylic acids is 1. The molecule has 0 aromatic carbocycles. The smallest absolute Gasteiger partial charge is 0.358 e. The molecule has 76 valence electrons. The molecule has 0 aliphatic rings. The minimum atomic E-state index is -1.24. The SMILES string of the molecule is CC(C(N)=O)n1cc(N)c(C(=O)O)n1. The number of aromatic nitrogens is 2. The number of carboxylic acid groups (broad SMARTS) is 1. The third kappa shape index (κ3) is 1.65. The van der Waals surface area contributed by atoms with Crippen LogP contribution >= 0.6 is 0 Å². The molecule has 1 unspecified atom stereocenters. The van der Waals surface area contributed by atoms with Gasteiger partial charge in [0.15, 0.2) is 5.69 Å². The second kappa shape index (κ2) is 3.36. The van der Waals surface area contributed by atoms with Crippen LogP contribution < -0.4 is 11.5 Å². The molecule has 0 aliphatic carbocycles. The summed E-state index contributed by atoms with van der Waals surface area (Å²) in [6, 6.07) is -0.717. The van der Waals surface area contributed by atoms with Crippen LogP contribution in [0, 0.1) is 0 Å². The van der Waals surface area contributed by atoms with Crippen molar-refractivity contribution in [1.82, 2.24) is 9.78 Å². The van der Waals surface area contributed by atoms with Crippen molar-refractivity contribution in [2.75, 3.05) is 5.73 Å². The number of nitrogens with zero attached hydrogens (tertiary/aromatic N) is 2. The number of nitrogens with two attached hydrogens (primary N) is 2. The molecule has 0 bridgehead atoms. The largest absolute Gasteiger partial charge is 0.476 e. The molecule has 1 atom stereocenters. The van der Waals surface area contributed by atoms with Gasteiger partial charge in [0, 0.05) is 6.20 Å². The molecule has 14 heavy (non-hydrogen) atoms. The molecule has 0 fully saturated rings. The molecular weight excluding hydrogens is 188 g/mol. The summed E-state index contributed by atoms with van der Waals surface area (Å²) >= 11 is 0. The van der Waals surface area contributed by atoms with Crippen LogP contribution in [-0.4, -0.2) is 26.8 Å². The zero-order chi connectivity index (χ0) is 10.9. The molecule has 0 radical (unpaired) electrons. The summed E-state index contributed by atoms with van der Waals surface area (Å²) in [6.07, 6.45) is 1.26. The zero-order valence-corrected chi connectivity index (χ0v) is 7.47. The normalized spacial score (nSPS) is 12.4. The van der Waals surface area contributed by atoms with E-state index in [-0.39, 0.29) is 11.4 Å². The number of hydrogen-bond acceptors (Lipinski definition) is 4. The summed E-state index contributed by atoms with van der Waals surface area (Å²) in [6.45, 7) is 1.50. The maximum absolute atomic E-state index is 10.8. The Bertz CT molecular complexity index is 384. The highest BCUT2D eigenvalue weighted by atomic mass is 16.4. The van der Waals surface area contributed by atoms with Crippen molar-refractivity contribution in [3.05, 3.63) is 11.9 Å². The lowest BCUT2D eigenvalue weighted by Gasteiger charge is -2.05. The first-order valence-electron chi connectivity index (χ1n) is 3.80. The van der Waals surface area contributed by atoms with Gasteiger partial charge in [0.05, 0.1) is 5.69 Å². The molecule has 0 saturated heterocycles. The summed E-state index contributed by atoms with van der Waals surface area (Å²) < 4.78 is 1.13. The van der Waals surface area contributed by atoms with Crippen molar-refractivity contribution in [1.29, 1.82) is 0 Å². The second-order valence-corrected chi connectivity index (χ2v) is 2.80. The van der Waals surface area contributed by atoms with Gasteiger partial charge in [0.2, 0.25) is 5.91 Å². The lowest BCUT2D eigenvalue weighted by molar-refractivity contribution is -0.120. The summed E-state index contributed by atoms with van der Waals surface area (Å²) in [5.41, 5.74) is 10.1. The monoisotopic (exact) mass is 198 g/mol. The van der Waals surface area contributed by atoms with E-state index < -0.39 is 17.9 Å². The molecule has 0 saturated carbocycles. The number of carbonyl (C=O) groups is 2. The quantitative estimate of drug-likeness (QED) is 0.587. The van der Waals surface area contributed by atoms with E-state index in [1.165, 1.54) is 13.1 Å². The van der Waals surface area contributed by atoms with Crippen molar-refractivity contribution in [2.24, 2.45) is 5.73 Å². The Kier molecular flexibility index (Phi) is 2.41. The van der Waals surface area contributed by atoms with E-state index in [2.05, 4.69) is 5.10 Å². The molecule has 0 spiro atoms. The van der Waals surface area contributed by atoms with Crippen LogP contribution in [0.5, 0.6) is 0 Å². The fourth-order valence-electron chi connectivity index (χ4n) is 0.901. The standard InChI is InChI=1S/C7H10N4O3/c1-3(6(9)12)11-2-4(8)5(10-11)7(13)14/h2-3H,8H2,1H3,(H2,9,12)(H,13,14). The predicted molar refractivity (Wildman–Crippen MR) is 47.5 cm³/mol. The van der Waals surface area contributed by atoms with E-state index in [0.717, 1.165) is 4.68 Å². The van der Waals surface area contributed by atoms with Crippen LogP contribution in [0.1, 0.15) is 23.5 Å². The zero-order valence-electron chi connectivity index (χ0n) is 7.47. The van der Waals surface area contributed by atoms with E-state index in [1.807, 2.05) is 0 Å². The molecule has 0 aliphatic heterocycles. The van der Waals surface area contributed by atoms with Gasteiger partial charge in [-0.3, -0.25) is 9.48 Å². The first kappa shape index (κ1) is 10.0. The molecular formula is C7H10N4O3. The van der Waals surface area contributed by atoms with Crippen molar-refractivity contribution in [3.63, 3.8) is 0 Å². The summed E-state index contributed by atoms with van der Waals surface area (Å²) in [4.78, 5) is 21.3. The van der Waals surface area contributed by atoms with Crippen LogP contribution in [0.15, 0.2) is 6.20 Å². The molecule has 7 nitrogen and oxygen atoms in total. The average molecular weight is 198 g/mol. The van der Waals surface area contributed by atoms with Gasteiger partial charge in [-0.1, -0.05) is 0 Å². The highest BCUT2D eigenvalue weighted by Gasteiger charge is 2.18. The maximum Gasteiger partial charge on any atom is 0.358 e. The number of aromatic carboxylic acids is 1. The van der Waals surface area contributed by atoms with Gasteiger partial charge >= 0.3 is 5.97 Å². The second-order valence-electron chi connectivity index (χ2n) is 2.80. The minimum absolute atomic E-state index is 0.00519. The van der Waals surface area contributed by atoms with Crippen LogP contribution in [0.3, 0.4) is 0 Å². The van der Waals surface area contributed by atoms with Crippen LogP contribution in [0.2, 0.25) is 0 Å². The molecule has 5 N–H and O–H groups in total. The Morgan fingerprint density at radius 3 is 2.57 bits per heavy atom. The van der Waals surface area contributed by atoms with Crippen LogP contribution in [0.25, 0.3) is 0 Å². The average Bonchev–Trinajstić information content (AvgIpc) is 2.45. The van der Waals surface area contributed by atoms with E-state index in [0.29, 0.717) is 0 Å². The van der Waals surface area contributed by atoms with Gasteiger partial charge in [-0.05, 0) is 6.92 Å². The topological polar surface area (TPSA) is 124 Å². The Morgan fingerprint density at radius 1 is 1.64 bits per heavy atom. The van der Waals surface area contributed by atoms with Crippen molar-refractivity contribution < 1.29 is 14.7 Å². The third-order valence-corrected chi connectivity index (χ3v) is 1.77.